The normalized spacial score (nSPS) is 10.6. The van der Waals surface area contributed by atoms with Crippen LogP contribution in [-0.4, -0.2) is 27.2 Å². The zero-order valence-electron chi connectivity index (χ0n) is 12.8. The molecule has 1 heterocycles. The highest BCUT2D eigenvalue weighted by atomic mass is 127. The summed E-state index contributed by atoms with van der Waals surface area (Å²) in [6, 6.07) is 11.4. The van der Waals surface area contributed by atoms with Crippen LogP contribution in [0.2, 0.25) is 5.02 Å². The van der Waals surface area contributed by atoms with Crippen LogP contribution >= 0.6 is 34.2 Å². The minimum Gasteiger partial charge on any atom is -0.490 e. The van der Waals surface area contributed by atoms with Gasteiger partial charge in [0.05, 0.1) is 10.2 Å². The zero-order chi connectivity index (χ0) is 16.9. The minimum atomic E-state index is 0.358. The van der Waals surface area contributed by atoms with E-state index in [1.165, 1.54) is 0 Å². The molecule has 8 heteroatoms. The molecule has 0 bridgehead atoms. The van der Waals surface area contributed by atoms with Crippen LogP contribution in [0.15, 0.2) is 36.4 Å². The number of aromatic amines is 1. The number of hydrogen-bond donors (Lipinski definition) is 1. The molecule has 0 atom stereocenters. The third kappa shape index (κ3) is 3.78. The van der Waals surface area contributed by atoms with Gasteiger partial charge in [-0.1, -0.05) is 29.8 Å². The molecule has 0 amide bonds. The van der Waals surface area contributed by atoms with Gasteiger partial charge in [0.1, 0.15) is 6.61 Å². The van der Waals surface area contributed by atoms with Crippen LogP contribution in [0.3, 0.4) is 0 Å². The molecule has 0 saturated heterocycles. The molecule has 6 nitrogen and oxygen atoms in total. The molecule has 0 unspecified atom stereocenters. The number of ether oxygens (including phenoxy) is 2. The van der Waals surface area contributed by atoms with Gasteiger partial charge in [-0.2, -0.15) is 5.21 Å². The van der Waals surface area contributed by atoms with Crippen LogP contribution in [0.5, 0.6) is 11.5 Å². The fraction of sp³-hybridized carbons (Fsp3) is 0.188. The molecule has 1 aromatic heterocycles. The lowest BCUT2D eigenvalue weighted by atomic mass is 10.2. The van der Waals surface area contributed by atoms with Gasteiger partial charge < -0.3 is 9.47 Å². The molecule has 0 fully saturated rings. The van der Waals surface area contributed by atoms with Crippen molar-refractivity contribution in [2.75, 3.05) is 6.61 Å². The Labute approximate surface area is 157 Å². The van der Waals surface area contributed by atoms with E-state index in [9.17, 15) is 0 Å². The summed E-state index contributed by atoms with van der Waals surface area (Å²) in [6.07, 6.45) is 0. The van der Waals surface area contributed by atoms with Crippen molar-refractivity contribution in [3.05, 3.63) is 50.6 Å². The quantitative estimate of drug-likeness (QED) is 0.565. The Morgan fingerprint density at radius 1 is 1.21 bits per heavy atom. The Morgan fingerprint density at radius 3 is 2.75 bits per heavy atom. The summed E-state index contributed by atoms with van der Waals surface area (Å²) < 4.78 is 12.6. The molecule has 124 valence electrons. The van der Waals surface area contributed by atoms with Crippen LogP contribution in [0, 0.1) is 3.57 Å². The molecule has 0 radical (unpaired) electrons. The Bertz CT molecular complexity index is 827. The Kier molecular flexibility index (Phi) is 5.52. The zero-order valence-corrected chi connectivity index (χ0v) is 15.7. The lowest BCUT2D eigenvalue weighted by Gasteiger charge is -2.15. The largest absolute Gasteiger partial charge is 0.490 e. The van der Waals surface area contributed by atoms with Gasteiger partial charge in [-0.05, 0) is 52.9 Å². The Balaban J connectivity index is 1.90. The van der Waals surface area contributed by atoms with Crippen molar-refractivity contribution in [2.45, 2.75) is 13.5 Å². The van der Waals surface area contributed by atoms with Gasteiger partial charge in [-0.3, -0.25) is 0 Å². The molecule has 2 aromatic carbocycles. The minimum absolute atomic E-state index is 0.358. The molecule has 1 N–H and O–H groups in total. The number of benzene rings is 2. The second-order valence-electron chi connectivity index (χ2n) is 4.83. The van der Waals surface area contributed by atoms with Gasteiger partial charge in [0.15, 0.2) is 11.5 Å². The van der Waals surface area contributed by atoms with E-state index in [1.807, 2.05) is 43.3 Å². The Morgan fingerprint density at radius 2 is 2.04 bits per heavy atom. The van der Waals surface area contributed by atoms with E-state index in [4.69, 9.17) is 21.1 Å². The molecular weight excluding hydrogens is 443 g/mol. The number of halogens is 2. The van der Waals surface area contributed by atoms with Gasteiger partial charge in [-0.15, -0.1) is 10.2 Å². The first-order chi connectivity index (χ1) is 11.7. The monoisotopic (exact) mass is 456 g/mol. The van der Waals surface area contributed by atoms with E-state index in [-0.39, 0.29) is 0 Å². The van der Waals surface area contributed by atoms with Crippen molar-refractivity contribution in [1.29, 1.82) is 0 Å². The highest BCUT2D eigenvalue weighted by Gasteiger charge is 2.15. The number of H-pyrrole nitrogens is 1. The number of hydrogen-bond acceptors (Lipinski definition) is 5. The first kappa shape index (κ1) is 17.0. The van der Waals surface area contributed by atoms with E-state index in [0.717, 1.165) is 14.7 Å². The summed E-state index contributed by atoms with van der Waals surface area (Å²) in [5.74, 6) is 1.81. The number of nitrogens with one attached hydrogen (secondary N) is 1. The summed E-state index contributed by atoms with van der Waals surface area (Å²) >= 11 is 8.39. The van der Waals surface area contributed by atoms with E-state index >= 15 is 0 Å². The lowest BCUT2D eigenvalue weighted by molar-refractivity contribution is 0.267. The van der Waals surface area contributed by atoms with Crippen molar-refractivity contribution in [3.8, 4) is 22.9 Å². The van der Waals surface area contributed by atoms with Crippen molar-refractivity contribution < 1.29 is 9.47 Å². The highest BCUT2D eigenvalue weighted by molar-refractivity contribution is 14.1. The molecule has 3 aromatic rings. The topological polar surface area (TPSA) is 72.9 Å². The first-order valence-corrected chi connectivity index (χ1v) is 8.71. The van der Waals surface area contributed by atoms with Crippen LogP contribution in [0.1, 0.15) is 12.5 Å². The second-order valence-corrected chi connectivity index (χ2v) is 6.40. The van der Waals surface area contributed by atoms with E-state index in [0.29, 0.717) is 35.6 Å². The fourth-order valence-corrected chi connectivity index (χ4v) is 3.10. The summed E-state index contributed by atoms with van der Waals surface area (Å²) in [4.78, 5) is 0. The van der Waals surface area contributed by atoms with Crippen molar-refractivity contribution in [3.63, 3.8) is 0 Å². The summed E-state index contributed by atoms with van der Waals surface area (Å²) in [7, 11) is 0. The number of rotatable bonds is 6. The third-order valence-electron chi connectivity index (χ3n) is 3.24. The average Bonchev–Trinajstić information content (AvgIpc) is 3.10. The van der Waals surface area contributed by atoms with Crippen molar-refractivity contribution in [1.82, 2.24) is 20.6 Å². The summed E-state index contributed by atoms with van der Waals surface area (Å²) in [6.45, 7) is 2.80. The number of aromatic nitrogens is 4. The maximum atomic E-state index is 6.18. The molecular formula is C16H14ClIN4O2. The van der Waals surface area contributed by atoms with E-state index < -0.39 is 0 Å². The molecule has 24 heavy (non-hydrogen) atoms. The molecule has 0 aliphatic carbocycles. The molecule has 3 rings (SSSR count). The fourth-order valence-electron chi connectivity index (χ4n) is 2.15. The van der Waals surface area contributed by atoms with Crippen LogP contribution in [0.25, 0.3) is 11.4 Å². The number of nitrogens with zero attached hydrogens (tertiary/aromatic N) is 3. The molecule has 0 saturated carbocycles. The van der Waals surface area contributed by atoms with Gasteiger partial charge in [-0.25, -0.2) is 0 Å². The predicted octanol–water partition coefficient (Wildman–Crippen LogP) is 4.10. The maximum absolute atomic E-state index is 6.18. The molecule has 0 aliphatic rings. The standard InChI is InChI=1S/C16H14ClIN4O2/c1-2-23-14-8-11(16-19-21-22-20-16)7-13(18)15(14)24-9-10-5-3-4-6-12(10)17/h3-8H,2,9H2,1H3,(H,19,20,21,22). The third-order valence-corrected chi connectivity index (χ3v) is 4.41. The van der Waals surface area contributed by atoms with Crippen molar-refractivity contribution in [2.24, 2.45) is 0 Å². The Hall–Kier alpha value is -1.87. The molecule has 0 aliphatic heterocycles. The summed E-state index contributed by atoms with van der Waals surface area (Å²) in [5.41, 5.74) is 1.72. The summed E-state index contributed by atoms with van der Waals surface area (Å²) in [5, 5.41) is 14.7. The van der Waals surface area contributed by atoms with Gasteiger partial charge >= 0.3 is 0 Å². The molecule has 0 spiro atoms. The van der Waals surface area contributed by atoms with Crippen molar-refractivity contribution >= 4 is 34.2 Å². The number of tetrazole rings is 1. The van der Waals surface area contributed by atoms with Crippen LogP contribution in [-0.2, 0) is 6.61 Å². The van der Waals surface area contributed by atoms with Gasteiger partial charge in [0, 0.05) is 16.1 Å². The maximum Gasteiger partial charge on any atom is 0.204 e. The highest BCUT2D eigenvalue weighted by Crippen LogP contribution is 2.37. The van der Waals surface area contributed by atoms with Gasteiger partial charge in [0.25, 0.3) is 0 Å². The average molecular weight is 457 g/mol. The second kappa shape index (κ2) is 7.80. The smallest absolute Gasteiger partial charge is 0.204 e. The lowest BCUT2D eigenvalue weighted by Crippen LogP contribution is -2.02. The SMILES string of the molecule is CCOc1cc(-c2nn[nH]n2)cc(I)c1OCc1ccccc1Cl. The predicted molar refractivity (Wildman–Crippen MR) is 99.3 cm³/mol. The van der Waals surface area contributed by atoms with E-state index in [2.05, 4.69) is 43.2 Å². The first-order valence-electron chi connectivity index (χ1n) is 7.25. The van der Waals surface area contributed by atoms with Crippen LogP contribution < -0.4 is 9.47 Å². The van der Waals surface area contributed by atoms with E-state index in [1.54, 1.807) is 0 Å². The van der Waals surface area contributed by atoms with Crippen LogP contribution in [0.4, 0.5) is 0 Å². The van der Waals surface area contributed by atoms with Gasteiger partial charge in [0.2, 0.25) is 5.82 Å².